The summed E-state index contributed by atoms with van der Waals surface area (Å²) >= 11 is 0. The van der Waals surface area contributed by atoms with Gasteiger partial charge in [-0.25, -0.2) is 0 Å². The van der Waals surface area contributed by atoms with Gasteiger partial charge in [-0.05, 0) is 32.0 Å². The highest BCUT2D eigenvalue weighted by atomic mass is 16.5. The molecule has 0 saturated carbocycles. The molecule has 0 bridgehead atoms. The van der Waals surface area contributed by atoms with E-state index in [9.17, 15) is 4.79 Å². The van der Waals surface area contributed by atoms with Crippen LogP contribution in [0.1, 0.15) is 25.1 Å². The Hall–Kier alpha value is -1.81. The Morgan fingerprint density at radius 2 is 2.10 bits per heavy atom. The van der Waals surface area contributed by atoms with Crippen molar-refractivity contribution in [3.8, 4) is 0 Å². The van der Waals surface area contributed by atoms with Gasteiger partial charge in [0.15, 0.2) is 5.43 Å². The molecule has 1 aromatic carbocycles. The first-order valence-corrected chi connectivity index (χ1v) is 7.25. The first kappa shape index (κ1) is 13.2. The first-order valence-electron chi connectivity index (χ1n) is 7.25. The molecule has 0 amide bonds. The summed E-state index contributed by atoms with van der Waals surface area (Å²) in [6.45, 7) is 7.24. The predicted molar refractivity (Wildman–Crippen MR) is 81.5 cm³/mol. The fourth-order valence-corrected chi connectivity index (χ4v) is 2.87. The molecular weight excluding hydrogens is 252 g/mol. The van der Waals surface area contributed by atoms with E-state index in [1.165, 1.54) is 0 Å². The van der Waals surface area contributed by atoms with Crippen LogP contribution in [-0.4, -0.2) is 24.7 Å². The van der Waals surface area contributed by atoms with Gasteiger partial charge >= 0.3 is 0 Å². The number of rotatable bonds is 3. The van der Waals surface area contributed by atoms with Gasteiger partial charge in [-0.1, -0.05) is 0 Å². The second-order valence-corrected chi connectivity index (χ2v) is 5.12. The molecule has 0 spiro atoms. The van der Waals surface area contributed by atoms with Crippen molar-refractivity contribution in [1.82, 2.24) is 4.98 Å². The summed E-state index contributed by atoms with van der Waals surface area (Å²) in [5.41, 5.74) is 3.96. The Labute approximate surface area is 118 Å². The predicted octanol–water partition coefficient (Wildman–Crippen LogP) is 2.45. The minimum Gasteiger partial charge on any atom is -0.376 e. The highest BCUT2D eigenvalue weighted by molar-refractivity contribution is 5.83. The number of benzene rings is 1. The van der Waals surface area contributed by atoms with Gasteiger partial charge in [0.2, 0.25) is 0 Å². The van der Waals surface area contributed by atoms with Crippen LogP contribution in [0, 0.1) is 0 Å². The summed E-state index contributed by atoms with van der Waals surface area (Å²) in [6.07, 6.45) is 0.790. The summed E-state index contributed by atoms with van der Waals surface area (Å²) < 4.78 is 5.42. The maximum absolute atomic E-state index is 12.6. The molecule has 0 radical (unpaired) electrons. The summed E-state index contributed by atoms with van der Waals surface area (Å²) in [5, 5.41) is 0.763. The zero-order valence-corrected chi connectivity index (χ0v) is 12.0. The molecule has 0 aliphatic carbocycles. The zero-order chi connectivity index (χ0) is 14.1. The smallest absolute Gasteiger partial charge is 0.195 e. The Morgan fingerprint density at radius 3 is 2.85 bits per heavy atom. The Kier molecular flexibility index (Phi) is 3.49. The van der Waals surface area contributed by atoms with E-state index in [4.69, 9.17) is 4.74 Å². The van der Waals surface area contributed by atoms with E-state index in [-0.39, 0.29) is 5.43 Å². The van der Waals surface area contributed by atoms with Crippen LogP contribution in [0.15, 0.2) is 23.0 Å². The number of nitrogens with one attached hydrogen (secondary N) is 1. The van der Waals surface area contributed by atoms with Crippen molar-refractivity contribution in [2.24, 2.45) is 0 Å². The lowest BCUT2D eigenvalue weighted by Crippen LogP contribution is -2.24. The highest BCUT2D eigenvalue weighted by Crippen LogP contribution is 2.21. The number of anilines is 1. The van der Waals surface area contributed by atoms with Crippen LogP contribution in [0.4, 0.5) is 5.69 Å². The van der Waals surface area contributed by atoms with Gasteiger partial charge in [-0.2, -0.15) is 0 Å². The molecule has 1 N–H and O–H groups in total. The van der Waals surface area contributed by atoms with E-state index in [1.807, 2.05) is 12.1 Å². The SMILES string of the molecule is CCN(CC)c1ccc2[nH]c3c(c(=O)c2c1)COCC3. The third-order valence-corrected chi connectivity index (χ3v) is 4.04. The van der Waals surface area contributed by atoms with Crippen LogP contribution in [-0.2, 0) is 17.8 Å². The van der Waals surface area contributed by atoms with Gasteiger partial charge in [0.25, 0.3) is 0 Å². The second kappa shape index (κ2) is 5.29. The van der Waals surface area contributed by atoms with Crippen LogP contribution in [0.3, 0.4) is 0 Å². The standard InChI is InChI=1S/C16H20N2O2/c1-3-18(4-2)11-5-6-14-12(9-11)16(19)13-10-20-8-7-15(13)17-14/h5-6,9H,3-4,7-8,10H2,1-2H3,(H,17,19). The molecule has 2 aromatic rings. The van der Waals surface area contributed by atoms with Gasteiger partial charge in [0.05, 0.1) is 13.2 Å². The Balaban J connectivity index is 2.19. The molecule has 2 heterocycles. The number of H-pyrrole nitrogens is 1. The minimum absolute atomic E-state index is 0.113. The number of fused-ring (bicyclic) bond motifs is 2. The van der Waals surface area contributed by atoms with E-state index in [2.05, 4.69) is 29.8 Å². The van der Waals surface area contributed by atoms with Gasteiger partial charge < -0.3 is 14.6 Å². The van der Waals surface area contributed by atoms with Gasteiger partial charge in [0.1, 0.15) is 0 Å². The second-order valence-electron chi connectivity index (χ2n) is 5.12. The van der Waals surface area contributed by atoms with Gasteiger partial charge in [-0.15, -0.1) is 0 Å². The molecule has 1 aliphatic rings. The van der Waals surface area contributed by atoms with E-state index in [0.29, 0.717) is 13.2 Å². The van der Waals surface area contributed by atoms with Crippen molar-refractivity contribution in [3.05, 3.63) is 39.7 Å². The van der Waals surface area contributed by atoms with Crippen molar-refractivity contribution in [1.29, 1.82) is 0 Å². The number of hydrogen-bond acceptors (Lipinski definition) is 3. The third kappa shape index (κ3) is 2.10. The highest BCUT2D eigenvalue weighted by Gasteiger charge is 2.16. The molecule has 0 unspecified atom stereocenters. The number of nitrogens with zero attached hydrogens (tertiary/aromatic N) is 1. The monoisotopic (exact) mass is 272 g/mol. The van der Waals surface area contributed by atoms with Crippen molar-refractivity contribution >= 4 is 16.6 Å². The summed E-state index contributed by atoms with van der Waals surface area (Å²) in [5.74, 6) is 0. The molecule has 3 rings (SSSR count). The average molecular weight is 272 g/mol. The molecule has 0 atom stereocenters. The van der Waals surface area contributed by atoms with Gasteiger partial charge in [-0.3, -0.25) is 4.79 Å². The maximum Gasteiger partial charge on any atom is 0.195 e. The topological polar surface area (TPSA) is 45.3 Å². The first-order chi connectivity index (χ1) is 9.74. The Morgan fingerprint density at radius 1 is 1.30 bits per heavy atom. The molecule has 0 saturated heterocycles. The van der Waals surface area contributed by atoms with Crippen LogP contribution < -0.4 is 10.3 Å². The largest absolute Gasteiger partial charge is 0.376 e. The fraction of sp³-hybridized carbons (Fsp3) is 0.438. The van der Waals surface area contributed by atoms with Crippen LogP contribution in [0.25, 0.3) is 10.9 Å². The molecule has 0 fully saturated rings. The number of pyridine rings is 1. The van der Waals surface area contributed by atoms with E-state index in [1.54, 1.807) is 0 Å². The van der Waals surface area contributed by atoms with E-state index < -0.39 is 0 Å². The normalized spacial score (nSPS) is 14.3. The number of ether oxygens (including phenoxy) is 1. The summed E-state index contributed by atoms with van der Waals surface area (Å²) in [4.78, 5) is 18.2. The van der Waals surface area contributed by atoms with Crippen molar-refractivity contribution < 1.29 is 4.74 Å². The molecule has 4 heteroatoms. The van der Waals surface area contributed by atoms with Crippen molar-refractivity contribution in [3.63, 3.8) is 0 Å². The zero-order valence-electron chi connectivity index (χ0n) is 12.0. The molecular formula is C16H20N2O2. The fourth-order valence-electron chi connectivity index (χ4n) is 2.87. The molecule has 4 nitrogen and oxygen atoms in total. The lowest BCUT2D eigenvalue weighted by Gasteiger charge is -2.22. The van der Waals surface area contributed by atoms with E-state index in [0.717, 1.165) is 47.4 Å². The third-order valence-electron chi connectivity index (χ3n) is 4.04. The minimum atomic E-state index is 0.113. The molecule has 1 aromatic heterocycles. The number of aromatic nitrogens is 1. The maximum atomic E-state index is 12.6. The van der Waals surface area contributed by atoms with Crippen LogP contribution in [0.2, 0.25) is 0 Å². The summed E-state index contributed by atoms with van der Waals surface area (Å²) in [7, 11) is 0. The molecule has 106 valence electrons. The van der Waals surface area contributed by atoms with Crippen molar-refractivity contribution in [2.75, 3.05) is 24.6 Å². The molecule has 20 heavy (non-hydrogen) atoms. The average Bonchev–Trinajstić information content (AvgIpc) is 2.49. The van der Waals surface area contributed by atoms with Crippen molar-refractivity contribution in [2.45, 2.75) is 26.9 Å². The quantitative estimate of drug-likeness (QED) is 0.933. The van der Waals surface area contributed by atoms with Gasteiger partial charge in [0, 0.05) is 47.4 Å². The Bertz CT molecular complexity index is 687. The number of hydrogen-bond donors (Lipinski definition) is 1. The van der Waals surface area contributed by atoms with Crippen LogP contribution >= 0.6 is 0 Å². The molecule has 1 aliphatic heterocycles. The lowest BCUT2D eigenvalue weighted by atomic mass is 10.0. The summed E-state index contributed by atoms with van der Waals surface area (Å²) in [6, 6.07) is 6.09. The van der Waals surface area contributed by atoms with Crippen LogP contribution in [0.5, 0.6) is 0 Å². The lowest BCUT2D eigenvalue weighted by molar-refractivity contribution is 0.109. The van der Waals surface area contributed by atoms with E-state index >= 15 is 0 Å². The number of aromatic amines is 1.